The van der Waals surface area contributed by atoms with E-state index in [0.29, 0.717) is 43.2 Å². The molecular formula is C21H31ClFN3O3S. The highest BCUT2D eigenvalue weighted by molar-refractivity contribution is 7.83. The number of nitrogens with one attached hydrogen (secondary N) is 3. The van der Waals surface area contributed by atoms with Gasteiger partial charge in [0.2, 0.25) is 11.8 Å². The van der Waals surface area contributed by atoms with Crippen LogP contribution < -0.4 is 15.4 Å². The van der Waals surface area contributed by atoms with Crippen molar-refractivity contribution in [2.45, 2.75) is 63.3 Å². The maximum Gasteiger partial charge on any atom is 0.242 e. The number of carbonyl (C=O) groups excluding carboxylic acids is 2. The topological polar surface area (TPSA) is 87.3 Å². The van der Waals surface area contributed by atoms with Gasteiger partial charge in [-0.25, -0.2) is 13.3 Å². The van der Waals surface area contributed by atoms with Crippen molar-refractivity contribution in [3.05, 3.63) is 29.0 Å². The zero-order valence-corrected chi connectivity index (χ0v) is 19.1. The molecule has 0 radical (unpaired) electrons. The lowest BCUT2D eigenvalue weighted by Crippen LogP contribution is -2.47. The second-order valence-electron chi connectivity index (χ2n) is 8.11. The van der Waals surface area contributed by atoms with E-state index in [4.69, 9.17) is 11.6 Å². The van der Waals surface area contributed by atoms with Crippen LogP contribution in [0, 0.1) is 17.7 Å². The van der Waals surface area contributed by atoms with Crippen molar-refractivity contribution < 1.29 is 18.2 Å². The SMILES string of the molecule is CC(C)CC(NC(=O)CCC1CC1)C(=O)NCCCNS(=O)c1ccc(F)cc1Cl. The van der Waals surface area contributed by atoms with Crippen LogP contribution in [0.3, 0.4) is 0 Å². The molecule has 0 bridgehead atoms. The second kappa shape index (κ2) is 12.4. The Morgan fingerprint density at radius 2 is 2.00 bits per heavy atom. The molecule has 2 amide bonds. The zero-order valence-electron chi connectivity index (χ0n) is 17.5. The molecule has 1 aliphatic carbocycles. The minimum absolute atomic E-state index is 0.0732. The van der Waals surface area contributed by atoms with Gasteiger partial charge in [0, 0.05) is 19.5 Å². The monoisotopic (exact) mass is 459 g/mol. The van der Waals surface area contributed by atoms with E-state index in [1.165, 1.54) is 25.0 Å². The Labute approximate surface area is 185 Å². The first-order valence-electron chi connectivity index (χ1n) is 10.4. The Bertz CT molecular complexity index is 759. The number of rotatable bonds is 13. The van der Waals surface area contributed by atoms with Gasteiger partial charge in [-0.3, -0.25) is 9.59 Å². The molecule has 0 spiro atoms. The first kappa shape index (κ1) is 24.8. The third-order valence-electron chi connectivity index (χ3n) is 4.81. The van der Waals surface area contributed by atoms with Crippen LogP contribution in [-0.4, -0.2) is 35.2 Å². The van der Waals surface area contributed by atoms with Crippen LogP contribution in [-0.2, 0) is 20.6 Å². The van der Waals surface area contributed by atoms with E-state index in [9.17, 15) is 18.2 Å². The van der Waals surface area contributed by atoms with Gasteiger partial charge in [0.1, 0.15) is 22.8 Å². The highest BCUT2D eigenvalue weighted by atomic mass is 35.5. The van der Waals surface area contributed by atoms with Crippen molar-refractivity contribution >= 4 is 34.4 Å². The van der Waals surface area contributed by atoms with Crippen LogP contribution in [0.1, 0.15) is 52.4 Å². The molecule has 168 valence electrons. The number of benzene rings is 1. The molecule has 30 heavy (non-hydrogen) atoms. The van der Waals surface area contributed by atoms with Gasteiger partial charge in [-0.2, -0.15) is 0 Å². The van der Waals surface area contributed by atoms with Crippen molar-refractivity contribution in [1.82, 2.24) is 15.4 Å². The van der Waals surface area contributed by atoms with Crippen LogP contribution in [0.25, 0.3) is 0 Å². The van der Waals surface area contributed by atoms with E-state index in [2.05, 4.69) is 15.4 Å². The van der Waals surface area contributed by atoms with E-state index >= 15 is 0 Å². The molecular weight excluding hydrogens is 429 g/mol. The Morgan fingerprint density at radius 3 is 2.63 bits per heavy atom. The van der Waals surface area contributed by atoms with Gasteiger partial charge in [-0.1, -0.05) is 38.3 Å². The van der Waals surface area contributed by atoms with Crippen molar-refractivity contribution in [1.29, 1.82) is 0 Å². The summed E-state index contributed by atoms with van der Waals surface area (Å²) in [5, 5.41) is 5.80. The second-order valence-corrected chi connectivity index (χ2v) is 9.79. The van der Waals surface area contributed by atoms with Crippen LogP contribution in [0.4, 0.5) is 4.39 Å². The standard InChI is InChI=1S/C21H31ClFN3O3S/c1-14(2)12-18(26-20(27)9-6-15-4-5-15)21(28)24-10-3-11-25-30(29)19-8-7-16(23)13-17(19)22/h7-8,13-15,18,25H,3-6,9-12H2,1-2H3,(H,24,28)(H,26,27). The fourth-order valence-electron chi connectivity index (χ4n) is 3.00. The largest absolute Gasteiger partial charge is 0.354 e. The zero-order chi connectivity index (χ0) is 22.1. The first-order chi connectivity index (χ1) is 14.3. The number of hydrogen-bond acceptors (Lipinski definition) is 3. The van der Waals surface area contributed by atoms with Crippen molar-refractivity contribution in [3.63, 3.8) is 0 Å². The average molecular weight is 460 g/mol. The third-order valence-corrected chi connectivity index (χ3v) is 6.46. The molecule has 6 nitrogen and oxygen atoms in total. The molecule has 1 aliphatic rings. The summed E-state index contributed by atoms with van der Waals surface area (Å²) in [6.07, 6.45) is 4.88. The van der Waals surface area contributed by atoms with Gasteiger partial charge < -0.3 is 10.6 Å². The molecule has 1 fully saturated rings. The van der Waals surface area contributed by atoms with Crippen molar-refractivity contribution in [2.24, 2.45) is 11.8 Å². The van der Waals surface area contributed by atoms with Gasteiger partial charge in [-0.05, 0) is 49.3 Å². The van der Waals surface area contributed by atoms with Crippen LogP contribution in [0.15, 0.2) is 23.1 Å². The van der Waals surface area contributed by atoms with E-state index in [0.717, 1.165) is 12.5 Å². The minimum atomic E-state index is -1.56. The van der Waals surface area contributed by atoms with Crippen LogP contribution >= 0.6 is 11.6 Å². The van der Waals surface area contributed by atoms with Gasteiger partial charge in [0.15, 0.2) is 0 Å². The molecule has 0 aliphatic heterocycles. The lowest BCUT2D eigenvalue weighted by atomic mass is 10.0. The van der Waals surface area contributed by atoms with E-state index in [-0.39, 0.29) is 22.8 Å². The van der Waals surface area contributed by atoms with Crippen LogP contribution in [0.5, 0.6) is 0 Å². The molecule has 1 aromatic carbocycles. The van der Waals surface area contributed by atoms with Gasteiger partial charge in [0.25, 0.3) is 0 Å². The summed E-state index contributed by atoms with van der Waals surface area (Å²) in [5.41, 5.74) is 0. The maximum absolute atomic E-state index is 13.1. The summed E-state index contributed by atoms with van der Waals surface area (Å²) >= 11 is 5.90. The molecule has 0 aromatic heterocycles. The lowest BCUT2D eigenvalue weighted by Gasteiger charge is -2.20. The Balaban J connectivity index is 1.70. The van der Waals surface area contributed by atoms with Gasteiger partial charge in [0.05, 0.1) is 9.92 Å². The molecule has 2 rings (SSSR count). The highest BCUT2D eigenvalue weighted by Gasteiger charge is 2.25. The molecule has 2 atom stereocenters. The lowest BCUT2D eigenvalue weighted by molar-refractivity contribution is -0.129. The Hall–Kier alpha value is -1.51. The molecule has 2 unspecified atom stereocenters. The van der Waals surface area contributed by atoms with E-state index in [1.54, 1.807) is 0 Å². The van der Waals surface area contributed by atoms with E-state index in [1.807, 2.05) is 13.8 Å². The smallest absolute Gasteiger partial charge is 0.242 e. The summed E-state index contributed by atoms with van der Waals surface area (Å²) < 4.78 is 28.1. The molecule has 3 N–H and O–H groups in total. The molecule has 1 saturated carbocycles. The average Bonchev–Trinajstić information content (AvgIpc) is 3.49. The Kier molecular flexibility index (Phi) is 10.2. The fraction of sp³-hybridized carbons (Fsp3) is 0.619. The van der Waals surface area contributed by atoms with Gasteiger partial charge in [-0.15, -0.1) is 0 Å². The number of hydrogen-bond donors (Lipinski definition) is 3. The molecule has 9 heteroatoms. The molecule has 0 heterocycles. The fourth-order valence-corrected chi connectivity index (χ4v) is 4.29. The van der Waals surface area contributed by atoms with E-state index < -0.39 is 22.8 Å². The summed E-state index contributed by atoms with van der Waals surface area (Å²) in [5.74, 6) is 0.186. The third kappa shape index (κ3) is 9.10. The van der Waals surface area contributed by atoms with Gasteiger partial charge >= 0.3 is 0 Å². The summed E-state index contributed by atoms with van der Waals surface area (Å²) in [7, 11) is -1.56. The number of halogens is 2. The highest BCUT2D eigenvalue weighted by Crippen LogP contribution is 2.33. The quantitative estimate of drug-likeness (QED) is 0.395. The normalized spacial score (nSPS) is 15.6. The van der Waals surface area contributed by atoms with Crippen molar-refractivity contribution in [3.8, 4) is 0 Å². The maximum atomic E-state index is 13.1. The predicted octanol–water partition coefficient (Wildman–Crippen LogP) is 3.32. The number of carbonyl (C=O) groups is 2. The van der Waals surface area contributed by atoms with Crippen LogP contribution in [0.2, 0.25) is 5.02 Å². The summed E-state index contributed by atoms with van der Waals surface area (Å²) in [4.78, 5) is 25.0. The Morgan fingerprint density at radius 1 is 1.27 bits per heavy atom. The van der Waals surface area contributed by atoms with Crippen molar-refractivity contribution in [2.75, 3.05) is 13.1 Å². The number of amides is 2. The molecule has 1 aromatic rings. The first-order valence-corrected chi connectivity index (χ1v) is 12.0. The molecule has 0 saturated heterocycles. The predicted molar refractivity (Wildman–Crippen MR) is 117 cm³/mol. The summed E-state index contributed by atoms with van der Waals surface area (Å²) in [6, 6.07) is 3.15. The minimum Gasteiger partial charge on any atom is -0.354 e. The summed E-state index contributed by atoms with van der Waals surface area (Å²) in [6.45, 7) is 4.78.